The second kappa shape index (κ2) is 6.13. The average Bonchev–Trinajstić information content (AvgIpc) is 2.38. The summed E-state index contributed by atoms with van der Waals surface area (Å²) in [7, 11) is 1.74. The number of benzene rings is 1. The molecular formula is C15H23N3O2. The molecule has 1 amide bonds. The molecule has 5 nitrogen and oxygen atoms in total. The van der Waals surface area contributed by atoms with Crippen molar-refractivity contribution in [2.24, 2.45) is 0 Å². The van der Waals surface area contributed by atoms with Gasteiger partial charge in [0, 0.05) is 31.6 Å². The number of methoxy groups -OCH3 is 1. The van der Waals surface area contributed by atoms with Crippen molar-refractivity contribution in [3.8, 4) is 0 Å². The summed E-state index contributed by atoms with van der Waals surface area (Å²) in [5.41, 5.74) is 7.74. The van der Waals surface area contributed by atoms with Crippen molar-refractivity contribution < 1.29 is 9.53 Å². The Hall–Kier alpha value is -1.75. The molecule has 1 fully saturated rings. The van der Waals surface area contributed by atoms with E-state index in [-0.39, 0.29) is 11.5 Å². The molecule has 0 unspecified atom stereocenters. The van der Waals surface area contributed by atoms with Crippen LogP contribution in [0, 0.1) is 0 Å². The van der Waals surface area contributed by atoms with Gasteiger partial charge in [0.2, 0.25) is 0 Å². The van der Waals surface area contributed by atoms with Crippen LogP contribution in [0.25, 0.3) is 0 Å². The van der Waals surface area contributed by atoms with Gasteiger partial charge in [-0.3, -0.25) is 4.79 Å². The first-order valence-corrected chi connectivity index (χ1v) is 7.07. The lowest BCUT2D eigenvalue weighted by Gasteiger charge is -2.40. The van der Waals surface area contributed by atoms with Gasteiger partial charge in [-0.15, -0.1) is 0 Å². The fourth-order valence-corrected chi connectivity index (χ4v) is 2.44. The first-order chi connectivity index (χ1) is 9.60. The maximum atomic E-state index is 12.0. The summed E-state index contributed by atoms with van der Waals surface area (Å²) in [5.74, 6) is -0.0879. The van der Waals surface area contributed by atoms with Gasteiger partial charge in [-0.2, -0.15) is 0 Å². The Morgan fingerprint density at radius 3 is 2.75 bits per heavy atom. The molecule has 1 aromatic rings. The van der Waals surface area contributed by atoms with Crippen LogP contribution in [0.4, 0.5) is 11.4 Å². The molecular weight excluding hydrogens is 254 g/mol. The van der Waals surface area contributed by atoms with E-state index in [0.29, 0.717) is 24.3 Å². The van der Waals surface area contributed by atoms with Crippen molar-refractivity contribution in [3.05, 3.63) is 23.8 Å². The molecule has 5 heteroatoms. The third-order valence-corrected chi connectivity index (χ3v) is 3.92. The van der Waals surface area contributed by atoms with E-state index in [1.54, 1.807) is 25.3 Å². The van der Waals surface area contributed by atoms with Crippen LogP contribution in [-0.2, 0) is 4.74 Å². The molecule has 0 heterocycles. The van der Waals surface area contributed by atoms with Crippen LogP contribution < -0.4 is 16.4 Å². The normalized spacial score (nSPS) is 16.3. The first-order valence-electron chi connectivity index (χ1n) is 7.07. The van der Waals surface area contributed by atoms with Gasteiger partial charge < -0.3 is 21.1 Å². The lowest BCUT2D eigenvalue weighted by Crippen LogP contribution is -2.45. The number of rotatable bonds is 6. The fraction of sp³-hybridized carbons (Fsp3) is 0.533. The van der Waals surface area contributed by atoms with Gasteiger partial charge in [0.25, 0.3) is 5.91 Å². The van der Waals surface area contributed by atoms with Gasteiger partial charge in [-0.05, 0) is 44.4 Å². The summed E-state index contributed by atoms with van der Waals surface area (Å²) in [6.07, 6.45) is 3.29. The van der Waals surface area contributed by atoms with Crippen LogP contribution in [0.2, 0.25) is 0 Å². The van der Waals surface area contributed by atoms with Crippen molar-refractivity contribution >= 4 is 17.3 Å². The van der Waals surface area contributed by atoms with Gasteiger partial charge in [0.05, 0.1) is 11.2 Å². The zero-order valence-corrected chi connectivity index (χ0v) is 12.2. The SMILES string of the molecule is CCNC(=O)c1ccc(N)cc1NCC1(OC)CCC1. The van der Waals surface area contributed by atoms with E-state index in [2.05, 4.69) is 10.6 Å². The lowest BCUT2D eigenvalue weighted by molar-refractivity contribution is -0.0601. The van der Waals surface area contributed by atoms with Crippen molar-refractivity contribution in [2.45, 2.75) is 31.8 Å². The van der Waals surface area contributed by atoms with Crippen molar-refractivity contribution in [2.75, 3.05) is 31.2 Å². The summed E-state index contributed by atoms with van der Waals surface area (Å²) in [6, 6.07) is 5.29. The number of hydrogen-bond acceptors (Lipinski definition) is 4. The number of anilines is 2. The Morgan fingerprint density at radius 2 is 2.20 bits per heavy atom. The maximum Gasteiger partial charge on any atom is 0.253 e. The minimum Gasteiger partial charge on any atom is -0.399 e. The minimum absolute atomic E-state index is 0.0879. The monoisotopic (exact) mass is 277 g/mol. The molecule has 0 bridgehead atoms. The lowest BCUT2D eigenvalue weighted by atomic mass is 9.80. The smallest absolute Gasteiger partial charge is 0.253 e. The first kappa shape index (κ1) is 14.7. The molecule has 1 saturated carbocycles. The number of nitrogens with two attached hydrogens (primary N) is 1. The highest BCUT2D eigenvalue weighted by Gasteiger charge is 2.36. The quantitative estimate of drug-likeness (QED) is 0.695. The molecule has 110 valence electrons. The highest BCUT2D eigenvalue weighted by Crippen LogP contribution is 2.35. The minimum atomic E-state index is -0.0941. The van der Waals surface area contributed by atoms with Crippen LogP contribution in [0.15, 0.2) is 18.2 Å². The predicted octanol–water partition coefficient (Wildman–Crippen LogP) is 2.00. The summed E-state index contributed by atoms with van der Waals surface area (Å²) in [5, 5.41) is 6.13. The van der Waals surface area contributed by atoms with Crippen molar-refractivity contribution in [1.82, 2.24) is 5.32 Å². The second-order valence-corrected chi connectivity index (χ2v) is 5.26. The standard InChI is InChI=1S/C15H23N3O2/c1-3-17-14(19)12-6-5-11(16)9-13(12)18-10-15(20-2)7-4-8-15/h5-6,9,18H,3-4,7-8,10,16H2,1-2H3,(H,17,19). The number of amides is 1. The van der Waals surface area contributed by atoms with E-state index in [1.165, 1.54) is 6.42 Å². The third kappa shape index (κ3) is 3.04. The van der Waals surface area contributed by atoms with Crippen LogP contribution >= 0.6 is 0 Å². The van der Waals surface area contributed by atoms with Gasteiger partial charge >= 0.3 is 0 Å². The number of nitrogens with one attached hydrogen (secondary N) is 2. The zero-order valence-electron chi connectivity index (χ0n) is 12.2. The molecule has 1 aliphatic carbocycles. The number of carbonyl (C=O) groups excluding carboxylic acids is 1. The zero-order chi connectivity index (χ0) is 14.6. The number of carbonyl (C=O) groups is 1. The molecule has 0 atom stereocenters. The molecule has 20 heavy (non-hydrogen) atoms. The van der Waals surface area contributed by atoms with E-state index in [1.807, 2.05) is 6.92 Å². The van der Waals surface area contributed by atoms with E-state index in [0.717, 1.165) is 18.5 Å². The van der Waals surface area contributed by atoms with Gasteiger partial charge in [0.15, 0.2) is 0 Å². The third-order valence-electron chi connectivity index (χ3n) is 3.92. The van der Waals surface area contributed by atoms with Gasteiger partial charge in [-0.25, -0.2) is 0 Å². The summed E-state index contributed by atoms with van der Waals surface area (Å²) >= 11 is 0. The molecule has 1 aromatic carbocycles. The van der Waals surface area contributed by atoms with Gasteiger partial charge in [-0.1, -0.05) is 0 Å². The number of ether oxygens (including phenoxy) is 1. The number of hydrogen-bond donors (Lipinski definition) is 3. The maximum absolute atomic E-state index is 12.0. The van der Waals surface area contributed by atoms with E-state index < -0.39 is 0 Å². The largest absolute Gasteiger partial charge is 0.399 e. The van der Waals surface area contributed by atoms with Gasteiger partial charge in [0.1, 0.15) is 0 Å². The molecule has 1 aliphatic rings. The highest BCUT2D eigenvalue weighted by atomic mass is 16.5. The van der Waals surface area contributed by atoms with E-state index >= 15 is 0 Å². The summed E-state index contributed by atoms with van der Waals surface area (Å²) in [6.45, 7) is 3.20. The summed E-state index contributed by atoms with van der Waals surface area (Å²) in [4.78, 5) is 12.0. The van der Waals surface area contributed by atoms with E-state index in [4.69, 9.17) is 10.5 Å². The Kier molecular flexibility index (Phi) is 4.49. The molecule has 0 aliphatic heterocycles. The fourth-order valence-electron chi connectivity index (χ4n) is 2.44. The van der Waals surface area contributed by atoms with Crippen molar-refractivity contribution in [3.63, 3.8) is 0 Å². The van der Waals surface area contributed by atoms with Crippen LogP contribution in [0.5, 0.6) is 0 Å². The Bertz CT molecular complexity index is 478. The molecule has 0 saturated heterocycles. The van der Waals surface area contributed by atoms with Crippen LogP contribution in [-0.4, -0.2) is 31.7 Å². The molecule has 2 rings (SSSR count). The molecule has 0 spiro atoms. The molecule has 4 N–H and O–H groups in total. The number of nitrogen functional groups attached to an aromatic ring is 1. The van der Waals surface area contributed by atoms with Crippen molar-refractivity contribution in [1.29, 1.82) is 0 Å². The van der Waals surface area contributed by atoms with Crippen LogP contribution in [0.1, 0.15) is 36.5 Å². The molecule has 0 aromatic heterocycles. The Morgan fingerprint density at radius 1 is 1.45 bits per heavy atom. The highest BCUT2D eigenvalue weighted by molar-refractivity contribution is 6.00. The summed E-state index contributed by atoms with van der Waals surface area (Å²) < 4.78 is 5.58. The Balaban J connectivity index is 2.12. The average molecular weight is 277 g/mol. The van der Waals surface area contributed by atoms with E-state index in [9.17, 15) is 4.79 Å². The predicted molar refractivity (Wildman–Crippen MR) is 80.9 cm³/mol. The van der Waals surface area contributed by atoms with Crippen LogP contribution in [0.3, 0.4) is 0 Å². The molecule has 0 radical (unpaired) electrons. The topological polar surface area (TPSA) is 76.4 Å². The second-order valence-electron chi connectivity index (χ2n) is 5.26. The Labute approximate surface area is 119 Å².